The molecule has 0 radical (unpaired) electrons. The van der Waals surface area contributed by atoms with E-state index in [0.29, 0.717) is 12.2 Å². The number of rotatable bonds is 13. The van der Waals surface area contributed by atoms with Gasteiger partial charge in [-0.3, -0.25) is 0 Å². The minimum absolute atomic E-state index is 0.467. The third-order valence-corrected chi connectivity index (χ3v) is 3.91. The highest BCUT2D eigenvalue weighted by atomic mass is 16.6. The molecule has 1 fully saturated rings. The van der Waals surface area contributed by atoms with Crippen LogP contribution in [0.25, 0.3) is 0 Å². The number of hydrogen-bond acceptors (Lipinski definition) is 2. The molecule has 20 heavy (non-hydrogen) atoms. The van der Waals surface area contributed by atoms with Crippen LogP contribution in [0.2, 0.25) is 0 Å². The van der Waals surface area contributed by atoms with Crippen LogP contribution in [-0.4, -0.2) is 17.3 Å². The van der Waals surface area contributed by atoms with E-state index < -0.39 is 0 Å². The molecule has 0 bridgehead atoms. The molecule has 1 N–H and O–H groups in total. The van der Waals surface area contributed by atoms with Gasteiger partial charge in [0.05, 0.1) is 18.5 Å². The molecule has 1 rings (SSSR count). The van der Waals surface area contributed by atoms with Crippen LogP contribution in [0, 0.1) is 0 Å². The third kappa shape index (κ3) is 9.19. The van der Waals surface area contributed by atoms with E-state index >= 15 is 0 Å². The molecule has 0 aromatic heterocycles. The second-order valence-corrected chi connectivity index (χ2v) is 5.79. The van der Waals surface area contributed by atoms with Crippen molar-refractivity contribution in [1.82, 2.24) is 0 Å². The van der Waals surface area contributed by atoms with Crippen LogP contribution in [0.1, 0.15) is 77.6 Å². The molecule has 1 saturated heterocycles. The molecule has 0 aromatic carbocycles. The Bertz CT molecular complexity index is 271. The minimum Gasteiger partial charge on any atom is -0.516 e. The molecule has 2 nitrogen and oxygen atoms in total. The first kappa shape index (κ1) is 17.3. The first-order valence-corrected chi connectivity index (χ1v) is 8.48. The Kier molecular flexibility index (Phi) is 10.4. The lowest BCUT2D eigenvalue weighted by Gasteiger charge is -1.97. The van der Waals surface area contributed by atoms with Crippen molar-refractivity contribution in [3.05, 3.63) is 24.5 Å². The number of hydrogen-bond donors (Lipinski definition) is 1. The number of epoxide rings is 1. The van der Waals surface area contributed by atoms with Gasteiger partial charge in [-0.2, -0.15) is 0 Å². The predicted octanol–water partition coefficient (Wildman–Crippen LogP) is 5.69. The van der Waals surface area contributed by atoms with Gasteiger partial charge >= 0.3 is 0 Å². The summed E-state index contributed by atoms with van der Waals surface area (Å²) in [4.78, 5) is 0. The standard InChI is InChI=1S/C18H32O2/c1-2-3-4-5-6-7-8-9-11-14-17-18(20-17)15-12-10-13-16-19/h9,11,13,16-19H,2-8,10,12,14-15H2,1H3. The van der Waals surface area contributed by atoms with Crippen molar-refractivity contribution in [3.63, 3.8) is 0 Å². The lowest BCUT2D eigenvalue weighted by Crippen LogP contribution is -1.92. The topological polar surface area (TPSA) is 32.8 Å². The lowest BCUT2D eigenvalue weighted by molar-refractivity contribution is 0.360. The summed E-state index contributed by atoms with van der Waals surface area (Å²) in [7, 11) is 0. The highest BCUT2D eigenvalue weighted by Gasteiger charge is 2.36. The maximum atomic E-state index is 8.53. The highest BCUT2D eigenvalue weighted by Crippen LogP contribution is 2.30. The molecule has 2 unspecified atom stereocenters. The van der Waals surface area contributed by atoms with E-state index in [1.807, 2.05) is 0 Å². The monoisotopic (exact) mass is 280 g/mol. The first-order chi connectivity index (χ1) is 9.88. The summed E-state index contributed by atoms with van der Waals surface area (Å²) in [6, 6.07) is 0. The fraction of sp³-hybridized carbons (Fsp3) is 0.778. The Morgan fingerprint density at radius 1 is 0.850 bits per heavy atom. The van der Waals surface area contributed by atoms with E-state index in [1.165, 1.54) is 44.9 Å². The van der Waals surface area contributed by atoms with Crippen molar-refractivity contribution in [2.24, 2.45) is 0 Å². The normalized spacial score (nSPS) is 22.1. The SMILES string of the molecule is CCCCCCCCC=CCC1OC1CCCC=CO. The zero-order valence-corrected chi connectivity index (χ0v) is 13.1. The summed E-state index contributed by atoms with van der Waals surface area (Å²) in [5, 5.41) is 8.53. The number of ether oxygens (including phenoxy) is 1. The molecular weight excluding hydrogens is 248 g/mol. The Balaban J connectivity index is 1.83. The van der Waals surface area contributed by atoms with E-state index in [4.69, 9.17) is 9.84 Å². The van der Waals surface area contributed by atoms with Crippen molar-refractivity contribution >= 4 is 0 Å². The fourth-order valence-electron chi connectivity index (χ4n) is 2.54. The molecule has 1 aliphatic rings. The molecule has 0 amide bonds. The van der Waals surface area contributed by atoms with Gasteiger partial charge in [0.2, 0.25) is 0 Å². The number of unbranched alkanes of at least 4 members (excludes halogenated alkanes) is 7. The average molecular weight is 280 g/mol. The van der Waals surface area contributed by atoms with Crippen molar-refractivity contribution in [2.45, 2.75) is 89.8 Å². The van der Waals surface area contributed by atoms with Gasteiger partial charge in [0.1, 0.15) is 0 Å². The largest absolute Gasteiger partial charge is 0.516 e. The Morgan fingerprint density at radius 3 is 2.40 bits per heavy atom. The number of aliphatic hydroxyl groups is 1. The number of allylic oxidation sites excluding steroid dienone is 2. The van der Waals surface area contributed by atoms with Crippen molar-refractivity contribution < 1.29 is 9.84 Å². The lowest BCUT2D eigenvalue weighted by atomic mass is 10.1. The second-order valence-electron chi connectivity index (χ2n) is 5.79. The Morgan fingerprint density at radius 2 is 1.60 bits per heavy atom. The van der Waals surface area contributed by atoms with Crippen LogP contribution in [0.3, 0.4) is 0 Å². The van der Waals surface area contributed by atoms with E-state index in [0.717, 1.165) is 31.9 Å². The minimum atomic E-state index is 0.467. The maximum Gasteiger partial charge on any atom is 0.0876 e. The summed E-state index contributed by atoms with van der Waals surface area (Å²) < 4.78 is 5.63. The van der Waals surface area contributed by atoms with Crippen LogP contribution in [-0.2, 0) is 4.74 Å². The van der Waals surface area contributed by atoms with Crippen LogP contribution >= 0.6 is 0 Å². The van der Waals surface area contributed by atoms with Crippen molar-refractivity contribution in [3.8, 4) is 0 Å². The van der Waals surface area contributed by atoms with Crippen LogP contribution < -0.4 is 0 Å². The van der Waals surface area contributed by atoms with E-state index in [-0.39, 0.29) is 0 Å². The summed E-state index contributed by atoms with van der Waals surface area (Å²) in [6.45, 7) is 2.26. The Labute approximate surface area is 124 Å². The quantitative estimate of drug-likeness (QED) is 0.203. The van der Waals surface area contributed by atoms with Crippen LogP contribution in [0.15, 0.2) is 24.5 Å². The van der Waals surface area contributed by atoms with Gasteiger partial charge in [0, 0.05) is 0 Å². The highest BCUT2D eigenvalue weighted by molar-refractivity contribution is 4.94. The fourth-order valence-corrected chi connectivity index (χ4v) is 2.54. The molecule has 0 spiro atoms. The second kappa shape index (κ2) is 12.0. The van der Waals surface area contributed by atoms with Crippen molar-refractivity contribution in [1.29, 1.82) is 0 Å². The maximum absolute atomic E-state index is 8.53. The van der Waals surface area contributed by atoms with Gasteiger partial charge in [-0.25, -0.2) is 0 Å². The third-order valence-electron chi connectivity index (χ3n) is 3.91. The van der Waals surface area contributed by atoms with Gasteiger partial charge in [0.25, 0.3) is 0 Å². The van der Waals surface area contributed by atoms with Gasteiger partial charge in [-0.1, -0.05) is 57.3 Å². The average Bonchev–Trinajstić information content (AvgIpc) is 3.20. The summed E-state index contributed by atoms with van der Waals surface area (Å²) in [6.07, 6.45) is 22.2. The molecule has 2 heteroatoms. The summed E-state index contributed by atoms with van der Waals surface area (Å²) >= 11 is 0. The van der Waals surface area contributed by atoms with Gasteiger partial charge < -0.3 is 9.84 Å². The molecule has 2 atom stereocenters. The van der Waals surface area contributed by atoms with Crippen LogP contribution in [0.5, 0.6) is 0 Å². The molecule has 1 heterocycles. The first-order valence-electron chi connectivity index (χ1n) is 8.48. The van der Waals surface area contributed by atoms with Gasteiger partial charge in [-0.15, -0.1) is 0 Å². The molecule has 0 aliphatic carbocycles. The zero-order chi connectivity index (χ0) is 14.5. The molecule has 0 aromatic rings. The molecule has 116 valence electrons. The van der Waals surface area contributed by atoms with Gasteiger partial charge in [0.15, 0.2) is 0 Å². The number of aliphatic hydroxyl groups excluding tert-OH is 1. The summed E-state index contributed by atoms with van der Waals surface area (Å²) in [5.74, 6) is 0. The molecule has 1 aliphatic heterocycles. The Hall–Kier alpha value is -0.760. The predicted molar refractivity (Wildman–Crippen MR) is 86.0 cm³/mol. The van der Waals surface area contributed by atoms with Gasteiger partial charge in [-0.05, 0) is 38.5 Å². The van der Waals surface area contributed by atoms with E-state index in [9.17, 15) is 0 Å². The van der Waals surface area contributed by atoms with Crippen LogP contribution in [0.4, 0.5) is 0 Å². The molecule has 0 saturated carbocycles. The van der Waals surface area contributed by atoms with Crippen molar-refractivity contribution in [2.75, 3.05) is 0 Å². The van der Waals surface area contributed by atoms with E-state index in [1.54, 1.807) is 6.08 Å². The zero-order valence-electron chi connectivity index (χ0n) is 13.1. The smallest absolute Gasteiger partial charge is 0.0876 e. The van der Waals surface area contributed by atoms with E-state index in [2.05, 4.69) is 19.1 Å². The molecular formula is C18H32O2. The summed E-state index contributed by atoms with van der Waals surface area (Å²) in [5.41, 5.74) is 0.